The molecule has 104 valence electrons. The second-order valence-electron chi connectivity index (χ2n) is 4.98. The second-order valence-corrected chi connectivity index (χ2v) is 5.90. The predicted molar refractivity (Wildman–Crippen MR) is 76.4 cm³/mol. The monoisotopic (exact) mass is 328 g/mol. The smallest absolute Gasteiger partial charge is 0.254 e. The van der Waals surface area contributed by atoms with Crippen molar-refractivity contribution in [3.63, 3.8) is 0 Å². The van der Waals surface area contributed by atoms with Crippen molar-refractivity contribution in [2.75, 3.05) is 6.54 Å². The first-order chi connectivity index (χ1) is 9.11. The van der Waals surface area contributed by atoms with E-state index in [4.69, 9.17) is 5.73 Å². The van der Waals surface area contributed by atoms with Gasteiger partial charge in [-0.1, -0.05) is 28.8 Å². The zero-order valence-corrected chi connectivity index (χ0v) is 12.2. The first-order valence-electron chi connectivity index (χ1n) is 6.58. The molecule has 0 spiro atoms. The summed E-state index contributed by atoms with van der Waals surface area (Å²) < 4.78 is 14.3. The van der Waals surface area contributed by atoms with Crippen LogP contribution in [0.5, 0.6) is 0 Å². The number of rotatable bonds is 4. The summed E-state index contributed by atoms with van der Waals surface area (Å²) in [5, 5.41) is 2.87. The lowest BCUT2D eigenvalue weighted by atomic mass is 9.98. The van der Waals surface area contributed by atoms with Crippen LogP contribution in [0, 0.1) is 11.7 Å². The maximum Gasteiger partial charge on any atom is 0.254 e. The van der Waals surface area contributed by atoms with Crippen LogP contribution in [0.2, 0.25) is 0 Å². The van der Waals surface area contributed by atoms with Crippen molar-refractivity contribution in [3.05, 3.63) is 34.1 Å². The Hall–Kier alpha value is -0.940. The first-order valence-corrected chi connectivity index (χ1v) is 7.37. The second kappa shape index (κ2) is 6.48. The maximum absolute atomic E-state index is 13.7. The average molecular weight is 329 g/mol. The number of hydrogen-bond donors (Lipinski definition) is 2. The molecule has 0 heterocycles. The summed E-state index contributed by atoms with van der Waals surface area (Å²) in [4.78, 5) is 12.1. The summed E-state index contributed by atoms with van der Waals surface area (Å²) in [6, 6.07) is 4.38. The Morgan fingerprint density at radius 2 is 2.16 bits per heavy atom. The lowest BCUT2D eigenvalue weighted by Crippen LogP contribution is -2.44. The summed E-state index contributed by atoms with van der Waals surface area (Å²) in [6.07, 6.45) is 4.54. The van der Waals surface area contributed by atoms with E-state index < -0.39 is 5.82 Å². The molecule has 1 fully saturated rings. The highest BCUT2D eigenvalue weighted by Crippen LogP contribution is 2.27. The number of carbonyl (C=O) groups excluding carboxylic acids is 1. The van der Waals surface area contributed by atoms with E-state index in [1.165, 1.54) is 25.0 Å². The van der Waals surface area contributed by atoms with Gasteiger partial charge in [0.1, 0.15) is 5.82 Å². The summed E-state index contributed by atoms with van der Waals surface area (Å²) >= 11 is 3.17. The molecule has 1 saturated carbocycles. The van der Waals surface area contributed by atoms with Crippen LogP contribution >= 0.6 is 15.9 Å². The minimum absolute atomic E-state index is 0.0574. The van der Waals surface area contributed by atoms with Crippen molar-refractivity contribution in [1.29, 1.82) is 0 Å². The highest BCUT2D eigenvalue weighted by molar-refractivity contribution is 9.10. The molecule has 19 heavy (non-hydrogen) atoms. The van der Waals surface area contributed by atoms with E-state index in [2.05, 4.69) is 21.2 Å². The molecule has 1 unspecified atom stereocenters. The number of carbonyl (C=O) groups is 1. The molecular weight excluding hydrogens is 311 g/mol. The third-order valence-electron chi connectivity index (χ3n) is 3.72. The molecule has 0 aromatic heterocycles. The summed E-state index contributed by atoms with van der Waals surface area (Å²) in [6.45, 7) is 0.397. The molecule has 1 aromatic rings. The minimum atomic E-state index is -0.519. The van der Waals surface area contributed by atoms with Crippen LogP contribution in [0.25, 0.3) is 0 Å². The fourth-order valence-electron chi connectivity index (χ4n) is 2.65. The fraction of sp³-hybridized carbons (Fsp3) is 0.500. The van der Waals surface area contributed by atoms with Crippen LogP contribution in [0.1, 0.15) is 36.0 Å². The highest BCUT2D eigenvalue weighted by Gasteiger charge is 2.26. The first kappa shape index (κ1) is 14.5. The van der Waals surface area contributed by atoms with Crippen LogP contribution < -0.4 is 11.1 Å². The molecular formula is C14H18BrFN2O. The van der Waals surface area contributed by atoms with Gasteiger partial charge in [-0.15, -0.1) is 0 Å². The predicted octanol–water partition coefficient (Wildman–Crippen LogP) is 2.84. The van der Waals surface area contributed by atoms with E-state index in [1.807, 2.05) is 0 Å². The lowest BCUT2D eigenvalue weighted by molar-refractivity contribution is 0.0920. The van der Waals surface area contributed by atoms with E-state index in [-0.39, 0.29) is 17.5 Å². The number of halogens is 2. The summed E-state index contributed by atoms with van der Waals surface area (Å²) in [7, 11) is 0. The SMILES string of the molecule is NCC(NC(=O)c1ccc(Br)cc1F)C1CCCC1. The van der Waals surface area contributed by atoms with Crippen LogP contribution in [0.15, 0.2) is 22.7 Å². The molecule has 1 aliphatic rings. The van der Waals surface area contributed by atoms with Gasteiger partial charge in [0.05, 0.1) is 5.56 Å². The number of benzene rings is 1. The van der Waals surface area contributed by atoms with Gasteiger partial charge in [-0.05, 0) is 37.0 Å². The van der Waals surface area contributed by atoms with E-state index in [1.54, 1.807) is 6.07 Å². The maximum atomic E-state index is 13.7. The Morgan fingerprint density at radius 1 is 1.47 bits per heavy atom. The molecule has 0 saturated heterocycles. The Balaban J connectivity index is 2.06. The van der Waals surface area contributed by atoms with E-state index in [9.17, 15) is 9.18 Å². The van der Waals surface area contributed by atoms with Crippen LogP contribution in [-0.4, -0.2) is 18.5 Å². The quantitative estimate of drug-likeness (QED) is 0.892. The minimum Gasteiger partial charge on any atom is -0.348 e. The Bertz CT molecular complexity index is 461. The lowest BCUT2D eigenvalue weighted by Gasteiger charge is -2.23. The van der Waals surface area contributed by atoms with Crippen molar-refractivity contribution >= 4 is 21.8 Å². The van der Waals surface area contributed by atoms with Crippen molar-refractivity contribution in [2.45, 2.75) is 31.7 Å². The van der Waals surface area contributed by atoms with Gasteiger partial charge in [0.2, 0.25) is 0 Å². The topological polar surface area (TPSA) is 55.1 Å². The van der Waals surface area contributed by atoms with Gasteiger partial charge in [-0.25, -0.2) is 4.39 Å². The highest BCUT2D eigenvalue weighted by atomic mass is 79.9. The van der Waals surface area contributed by atoms with Gasteiger partial charge in [-0.3, -0.25) is 4.79 Å². The molecule has 3 N–H and O–H groups in total. The molecule has 3 nitrogen and oxygen atoms in total. The van der Waals surface area contributed by atoms with Crippen molar-refractivity contribution in [3.8, 4) is 0 Å². The third kappa shape index (κ3) is 3.54. The van der Waals surface area contributed by atoms with Crippen LogP contribution in [-0.2, 0) is 0 Å². The van der Waals surface area contributed by atoms with E-state index in [0.717, 1.165) is 12.8 Å². The van der Waals surface area contributed by atoms with Crippen molar-refractivity contribution in [1.82, 2.24) is 5.32 Å². The zero-order chi connectivity index (χ0) is 13.8. The number of hydrogen-bond acceptors (Lipinski definition) is 2. The molecule has 1 aromatic carbocycles. The molecule has 5 heteroatoms. The van der Waals surface area contributed by atoms with Gasteiger partial charge < -0.3 is 11.1 Å². The summed E-state index contributed by atoms with van der Waals surface area (Å²) in [5.41, 5.74) is 5.79. The van der Waals surface area contributed by atoms with Crippen LogP contribution in [0.3, 0.4) is 0 Å². The molecule has 0 bridgehead atoms. The molecule has 0 aliphatic heterocycles. The van der Waals surface area contributed by atoms with Crippen molar-refractivity contribution < 1.29 is 9.18 Å². The third-order valence-corrected chi connectivity index (χ3v) is 4.21. The number of nitrogens with one attached hydrogen (secondary N) is 1. The van der Waals surface area contributed by atoms with Gasteiger partial charge >= 0.3 is 0 Å². The molecule has 2 rings (SSSR count). The average Bonchev–Trinajstić information content (AvgIpc) is 2.89. The van der Waals surface area contributed by atoms with Gasteiger partial charge in [-0.2, -0.15) is 0 Å². The van der Waals surface area contributed by atoms with Crippen molar-refractivity contribution in [2.24, 2.45) is 11.7 Å². The Kier molecular flexibility index (Phi) is 4.93. The molecule has 0 radical (unpaired) electrons. The number of nitrogens with two attached hydrogens (primary N) is 1. The van der Waals surface area contributed by atoms with Gasteiger partial charge in [0, 0.05) is 17.1 Å². The largest absolute Gasteiger partial charge is 0.348 e. The standard InChI is InChI=1S/C14H18BrFN2O/c15-10-5-6-11(12(16)7-10)14(19)18-13(8-17)9-3-1-2-4-9/h5-7,9,13H,1-4,8,17H2,(H,18,19). The van der Waals surface area contributed by atoms with Gasteiger partial charge in [0.25, 0.3) is 5.91 Å². The van der Waals surface area contributed by atoms with E-state index >= 15 is 0 Å². The zero-order valence-electron chi connectivity index (χ0n) is 10.7. The normalized spacial score (nSPS) is 17.4. The van der Waals surface area contributed by atoms with Gasteiger partial charge in [0.15, 0.2) is 0 Å². The molecule has 1 amide bonds. The molecule has 1 atom stereocenters. The summed E-state index contributed by atoms with van der Waals surface area (Å²) in [5.74, 6) is -0.478. The fourth-order valence-corrected chi connectivity index (χ4v) is 2.98. The Labute approximate surface area is 120 Å². The number of amides is 1. The van der Waals surface area contributed by atoms with E-state index in [0.29, 0.717) is 16.9 Å². The van der Waals surface area contributed by atoms with Crippen LogP contribution in [0.4, 0.5) is 4.39 Å². The molecule has 1 aliphatic carbocycles. The Morgan fingerprint density at radius 3 is 2.74 bits per heavy atom.